The number of rotatable bonds is 4. The molecule has 7 heteroatoms. The van der Waals surface area contributed by atoms with Gasteiger partial charge < -0.3 is 20.6 Å². The third kappa shape index (κ3) is 3.56. The minimum absolute atomic E-state index is 0.276. The van der Waals surface area contributed by atoms with Gasteiger partial charge in [-0.3, -0.25) is 4.79 Å². The van der Waals surface area contributed by atoms with Gasteiger partial charge in [-0.2, -0.15) is 0 Å². The summed E-state index contributed by atoms with van der Waals surface area (Å²) in [5.74, 6) is -5.11. The van der Waals surface area contributed by atoms with Crippen LogP contribution in [0.3, 0.4) is 0 Å². The lowest BCUT2D eigenvalue weighted by molar-refractivity contribution is -0.0462. The van der Waals surface area contributed by atoms with E-state index < -0.39 is 30.7 Å². The number of hydrogen-bond acceptors (Lipinski definition) is 4. The number of carbonyl (C=O) groups excluding carboxylic acids is 1. The zero-order valence-corrected chi connectivity index (χ0v) is 8.65. The van der Waals surface area contributed by atoms with Gasteiger partial charge in [0.05, 0.1) is 12.1 Å². The van der Waals surface area contributed by atoms with E-state index in [9.17, 15) is 18.7 Å². The van der Waals surface area contributed by atoms with Gasteiger partial charge in [0.15, 0.2) is 0 Å². The number of amides is 1. The third-order valence-corrected chi connectivity index (χ3v) is 1.96. The van der Waals surface area contributed by atoms with Crippen molar-refractivity contribution in [1.29, 1.82) is 0 Å². The lowest BCUT2D eigenvalue weighted by Gasteiger charge is -2.14. The molecule has 0 radical (unpaired) electrons. The fraction of sp³-hybridized carbons (Fsp3) is 0.300. The van der Waals surface area contributed by atoms with Gasteiger partial charge in [0, 0.05) is 0 Å². The first-order valence-electron chi connectivity index (χ1n) is 4.64. The largest absolute Gasteiger partial charge is 0.508 e. The zero-order valence-electron chi connectivity index (χ0n) is 8.65. The molecular weight excluding hydrogens is 236 g/mol. The number of nitrogens with one attached hydrogen (secondary N) is 1. The van der Waals surface area contributed by atoms with Gasteiger partial charge in [-0.25, -0.2) is 8.78 Å². The number of carbonyl (C=O) groups is 1. The van der Waals surface area contributed by atoms with E-state index in [1.54, 1.807) is 0 Å². The predicted octanol–water partition coefficient (Wildman–Crippen LogP) is 0.455. The fourth-order valence-electron chi connectivity index (χ4n) is 1.07. The van der Waals surface area contributed by atoms with Crippen LogP contribution in [-0.2, 0) is 0 Å². The Kier molecular flexibility index (Phi) is 3.84. The van der Waals surface area contributed by atoms with Crippen LogP contribution in [0, 0.1) is 0 Å². The van der Waals surface area contributed by atoms with Gasteiger partial charge in [0.1, 0.15) is 18.1 Å². The highest BCUT2D eigenvalue weighted by atomic mass is 19.3. The number of aliphatic hydroxyl groups excluding tert-OH is 1. The summed E-state index contributed by atoms with van der Waals surface area (Å²) in [7, 11) is 0. The SMILES string of the molecule is O=C(NCC(F)(F)CO)c1cc(O)ccc1O. The van der Waals surface area contributed by atoms with Gasteiger partial charge in [0.25, 0.3) is 11.8 Å². The maximum absolute atomic E-state index is 12.6. The molecule has 0 aliphatic carbocycles. The van der Waals surface area contributed by atoms with Crippen molar-refractivity contribution in [3.8, 4) is 11.5 Å². The average molecular weight is 247 g/mol. The molecule has 0 bridgehead atoms. The molecule has 5 nitrogen and oxygen atoms in total. The summed E-state index contributed by atoms with van der Waals surface area (Å²) in [6, 6.07) is 3.16. The van der Waals surface area contributed by atoms with Crippen molar-refractivity contribution in [3.05, 3.63) is 23.8 Å². The van der Waals surface area contributed by atoms with Gasteiger partial charge >= 0.3 is 0 Å². The highest BCUT2D eigenvalue weighted by molar-refractivity contribution is 5.97. The Bertz CT molecular complexity index is 423. The van der Waals surface area contributed by atoms with E-state index in [2.05, 4.69) is 0 Å². The van der Waals surface area contributed by atoms with Gasteiger partial charge in [-0.05, 0) is 18.2 Å². The smallest absolute Gasteiger partial charge is 0.287 e. The Balaban J connectivity index is 2.74. The van der Waals surface area contributed by atoms with E-state index in [0.29, 0.717) is 0 Å². The molecule has 1 amide bonds. The second kappa shape index (κ2) is 4.96. The van der Waals surface area contributed by atoms with Crippen LogP contribution in [-0.4, -0.2) is 40.3 Å². The number of alkyl halides is 2. The molecule has 0 aliphatic rings. The Morgan fingerprint density at radius 1 is 1.35 bits per heavy atom. The minimum Gasteiger partial charge on any atom is -0.508 e. The summed E-state index contributed by atoms with van der Waals surface area (Å²) in [5.41, 5.74) is -0.321. The van der Waals surface area contributed by atoms with Crippen molar-refractivity contribution in [2.75, 3.05) is 13.2 Å². The molecule has 0 unspecified atom stereocenters. The van der Waals surface area contributed by atoms with Crippen LogP contribution < -0.4 is 5.32 Å². The molecular formula is C10H11F2NO4. The summed E-state index contributed by atoms with van der Waals surface area (Å²) in [5, 5.41) is 28.5. The summed E-state index contributed by atoms with van der Waals surface area (Å²) >= 11 is 0. The first-order chi connectivity index (χ1) is 7.85. The van der Waals surface area contributed by atoms with Gasteiger partial charge in [-0.15, -0.1) is 0 Å². The lowest BCUT2D eigenvalue weighted by Crippen LogP contribution is -2.38. The normalized spacial score (nSPS) is 11.2. The van der Waals surface area contributed by atoms with Crippen LogP contribution in [0.25, 0.3) is 0 Å². The molecule has 0 saturated carbocycles. The highest BCUT2D eigenvalue weighted by Crippen LogP contribution is 2.22. The lowest BCUT2D eigenvalue weighted by atomic mass is 10.1. The monoisotopic (exact) mass is 247 g/mol. The highest BCUT2D eigenvalue weighted by Gasteiger charge is 2.28. The summed E-state index contributed by atoms with van der Waals surface area (Å²) in [4.78, 5) is 11.4. The molecule has 0 heterocycles. The molecule has 1 aromatic carbocycles. The molecule has 1 aromatic rings. The van der Waals surface area contributed by atoms with Crippen molar-refractivity contribution < 1.29 is 28.9 Å². The number of phenolic OH excluding ortho intramolecular Hbond substituents is 2. The fourth-order valence-corrected chi connectivity index (χ4v) is 1.07. The van der Waals surface area contributed by atoms with E-state index in [1.807, 2.05) is 5.32 Å². The number of aliphatic hydroxyl groups is 1. The molecule has 17 heavy (non-hydrogen) atoms. The van der Waals surface area contributed by atoms with Crippen molar-refractivity contribution in [3.63, 3.8) is 0 Å². The van der Waals surface area contributed by atoms with E-state index >= 15 is 0 Å². The van der Waals surface area contributed by atoms with Crippen molar-refractivity contribution in [2.24, 2.45) is 0 Å². The molecule has 1 rings (SSSR count). The Hall–Kier alpha value is -1.89. The van der Waals surface area contributed by atoms with E-state index in [1.165, 1.54) is 0 Å². The van der Waals surface area contributed by atoms with Crippen LogP contribution in [0.15, 0.2) is 18.2 Å². The molecule has 0 aliphatic heterocycles. The molecule has 4 N–H and O–H groups in total. The van der Waals surface area contributed by atoms with Crippen molar-refractivity contribution >= 4 is 5.91 Å². The number of aromatic hydroxyl groups is 2. The van der Waals surface area contributed by atoms with E-state index in [-0.39, 0.29) is 11.3 Å². The molecule has 0 spiro atoms. The van der Waals surface area contributed by atoms with Gasteiger partial charge in [-0.1, -0.05) is 0 Å². The molecule has 0 fully saturated rings. The standard InChI is InChI=1S/C10H11F2NO4/c11-10(12,5-14)4-13-9(17)7-3-6(15)1-2-8(7)16/h1-3,14-16H,4-5H2,(H,13,17). The maximum atomic E-state index is 12.6. The van der Waals surface area contributed by atoms with Crippen LogP contribution in [0.5, 0.6) is 11.5 Å². The summed E-state index contributed by atoms with van der Waals surface area (Å²) in [6.07, 6.45) is 0. The topological polar surface area (TPSA) is 89.8 Å². The average Bonchev–Trinajstić information content (AvgIpc) is 2.29. The number of benzene rings is 1. The number of phenols is 2. The van der Waals surface area contributed by atoms with Crippen molar-refractivity contribution in [1.82, 2.24) is 5.32 Å². The zero-order chi connectivity index (χ0) is 13.1. The van der Waals surface area contributed by atoms with Crippen LogP contribution in [0.2, 0.25) is 0 Å². The molecule has 0 aromatic heterocycles. The van der Waals surface area contributed by atoms with E-state index in [0.717, 1.165) is 18.2 Å². The molecule has 0 atom stereocenters. The molecule has 0 saturated heterocycles. The first-order valence-corrected chi connectivity index (χ1v) is 4.64. The maximum Gasteiger partial charge on any atom is 0.287 e. The number of hydrogen-bond donors (Lipinski definition) is 4. The minimum atomic E-state index is -3.43. The molecule has 94 valence electrons. The Labute approximate surface area is 95.3 Å². The number of halogens is 2. The van der Waals surface area contributed by atoms with E-state index in [4.69, 9.17) is 10.2 Å². The van der Waals surface area contributed by atoms with Crippen LogP contribution >= 0.6 is 0 Å². The summed E-state index contributed by atoms with van der Waals surface area (Å²) < 4.78 is 25.3. The van der Waals surface area contributed by atoms with Crippen LogP contribution in [0.4, 0.5) is 8.78 Å². The quantitative estimate of drug-likeness (QED) is 0.582. The van der Waals surface area contributed by atoms with Crippen LogP contribution in [0.1, 0.15) is 10.4 Å². The second-order valence-corrected chi connectivity index (χ2v) is 3.40. The predicted molar refractivity (Wildman–Crippen MR) is 54.1 cm³/mol. The van der Waals surface area contributed by atoms with Crippen molar-refractivity contribution in [2.45, 2.75) is 5.92 Å². The van der Waals surface area contributed by atoms with Gasteiger partial charge in [0.2, 0.25) is 0 Å². The Morgan fingerprint density at radius 3 is 2.59 bits per heavy atom. The third-order valence-electron chi connectivity index (χ3n) is 1.96. The second-order valence-electron chi connectivity index (χ2n) is 3.40. The first kappa shape index (κ1) is 13.2. The summed E-state index contributed by atoms with van der Waals surface area (Å²) in [6.45, 7) is -2.45. The Morgan fingerprint density at radius 2 is 2.00 bits per heavy atom.